The van der Waals surface area contributed by atoms with Crippen molar-refractivity contribution in [3.8, 4) is 0 Å². The number of hydrogen-bond donors (Lipinski definition) is 2. The fourth-order valence-corrected chi connectivity index (χ4v) is 2.16. The van der Waals surface area contributed by atoms with Crippen LogP contribution >= 0.6 is 11.8 Å². The second-order valence-corrected chi connectivity index (χ2v) is 4.92. The Morgan fingerprint density at radius 2 is 2.00 bits per heavy atom. The number of amides is 1. The van der Waals surface area contributed by atoms with Crippen LogP contribution < -0.4 is 11.1 Å². The van der Waals surface area contributed by atoms with E-state index in [0.29, 0.717) is 5.75 Å². The van der Waals surface area contributed by atoms with E-state index in [1.165, 1.54) is 11.8 Å². The minimum Gasteiger partial charge on any atom is -0.327 e. The average Bonchev–Trinajstić information content (AvgIpc) is 2.27. The first-order chi connectivity index (χ1) is 8.51. The van der Waals surface area contributed by atoms with E-state index >= 15 is 0 Å². The lowest BCUT2D eigenvalue weighted by Gasteiger charge is -2.08. The van der Waals surface area contributed by atoms with E-state index in [-0.39, 0.29) is 23.4 Å². The summed E-state index contributed by atoms with van der Waals surface area (Å²) < 4.78 is 25.7. The van der Waals surface area contributed by atoms with Crippen LogP contribution in [0.2, 0.25) is 0 Å². The van der Waals surface area contributed by atoms with Crippen LogP contribution in [-0.2, 0) is 4.79 Å². The summed E-state index contributed by atoms with van der Waals surface area (Å²) in [4.78, 5) is 11.5. The van der Waals surface area contributed by atoms with Crippen molar-refractivity contribution in [3.05, 3.63) is 29.8 Å². The first kappa shape index (κ1) is 14.9. The van der Waals surface area contributed by atoms with Gasteiger partial charge in [-0.15, -0.1) is 0 Å². The monoisotopic (exact) mass is 274 g/mol. The summed E-state index contributed by atoms with van der Waals surface area (Å²) in [5, 5.41) is 2.43. The third-order valence-electron chi connectivity index (χ3n) is 2.24. The van der Waals surface area contributed by atoms with Gasteiger partial charge in [-0.2, -0.15) is 11.8 Å². The lowest BCUT2D eigenvalue weighted by Crippen LogP contribution is -2.23. The van der Waals surface area contributed by atoms with Crippen LogP contribution in [0.4, 0.5) is 14.5 Å². The van der Waals surface area contributed by atoms with Crippen LogP contribution in [0.3, 0.4) is 0 Å². The van der Waals surface area contributed by atoms with Gasteiger partial charge in [-0.05, 0) is 18.6 Å². The highest BCUT2D eigenvalue weighted by molar-refractivity contribution is 8.00. The molecule has 3 nitrogen and oxygen atoms in total. The Bertz CT molecular complexity index is 395. The molecule has 0 aliphatic heterocycles. The van der Waals surface area contributed by atoms with Gasteiger partial charge in [0.1, 0.15) is 11.6 Å². The molecule has 0 saturated heterocycles. The van der Waals surface area contributed by atoms with Gasteiger partial charge in [0.25, 0.3) is 0 Å². The van der Waals surface area contributed by atoms with Crippen molar-refractivity contribution in [1.29, 1.82) is 0 Å². The molecule has 0 spiro atoms. The predicted octanol–water partition coefficient (Wildman–Crippen LogP) is 2.37. The second kappa shape index (κ2) is 7.33. The van der Waals surface area contributed by atoms with Crippen LogP contribution in [0.5, 0.6) is 0 Å². The molecular formula is C12H16F2N2OS. The summed E-state index contributed by atoms with van der Waals surface area (Å²) in [6, 6.07) is 2.96. The second-order valence-electron chi connectivity index (χ2n) is 3.89. The highest BCUT2D eigenvalue weighted by Gasteiger charge is 2.07. The zero-order chi connectivity index (χ0) is 13.5. The minimum atomic E-state index is -0.717. The minimum absolute atomic E-state index is 0.0643. The van der Waals surface area contributed by atoms with E-state index in [2.05, 4.69) is 5.32 Å². The third kappa shape index (κ3) is 5.46. The number of rotatable bonds is 6. The van der Waals surface area contributed by atoms with Crippen LogP contribution in [0, 0.1) is 11.6 Å². The van der Waals surface area contributed by atoms with Gasteiger partial charge in [0, 0.05) is 23.5 Å². The third-order valence-corrected chi connectivity index (χ3v) is 3.37. The summed E-state index contributed by atoms with van der Waals surface area (Å²) in [6.45, 7) is 1.97. The molecule has 3 N–H and O–H groups in total. The molecule has 0 radical (unpaired) electrons. The number of benzene rings is 1. The van der Waals surface area contributed by atoms with Gasteiger partial charge in [0.2, 0.25) is 5.91 Å². The molecule has 0 fully saturated rings. The molecule has 1 amide bonds. The van der Waals surface area contributed by atoms with Crippen LogP contribution in [0.25, 0.3) is 0 Å². The zero-order valence-electron chi connectivity index (χ0n) is 10.1. The molecule has 6 heteroatoms. The molecular weight excluding hydrogens is 258 g/mol. The maximum Gasteiger partial charge on any atom is 0.234 e. The SMILES string of the molecule is CCC(N)CSCC(=O)Nc1cc(F)cc(F)c1. The number of carbonyl (C=O) groups excluding carboxylic acids is 1. The van der Waals surface area contributed by atoms with E-state index in [9.17, 15) is 13.6 Å². The first-order valence-electron chi connectivity index (χ1n) is 5.60. The summed E-state index contributed by atoms with van der Waals surface area (Å²) in [5.74, 6) is -0.835. The normalized spacial score (nSPS) is 12.2. The van der Waals surface area contributed by atoms with E-state index in [1.807, 2.05) is 6.92 Å². The molecule has 0 saturated carbocycles. The van der Waals surface area contributed by atoms with E-state index in [0.717, 1.165) is 24.6 Å². The topological polar surface area (TPSA) is 55.1 Å². The van der Waals surface area contributed by atoms with Crippen molar-refractivity contribution in [2.75, 3.05) is 16.8 Å². The van der Waals surface area contributed by atoms with Gasteiger partial charge in [-0.25, -0.2) is 8.78 Å². The maximum atomic E-state index is 12.9. The summed E-state index contributed by atoms with van der Waals surface area (Å²) in [7, 11) is 0. The summed E-state index contributed by atoms with van der Waals surface area (Å²) in [5.41, 5.74) is 5.82. The Kier molecular flexibility index (Phi) is 6.07. The molecule has 1 atom stereocenters. The lowest BCUT2D eigenvalue weighted by molar-refractivity contribution is -0.113. The van der Waals surface area contributed by atoms with Crippen LogP contribution in [0.15, 0.2) is 18.2 Å². The standard InChI is InChI=1S/C12H16F2N2OS/c1-2-10(15)6-18-7-12(17)16-11-4-8(13)3-9(14)5-11/h3-5,10H,2,6-7,15H2,1H3,(H,16,17). The highest BCUT2D eigenvalue weighted by Crippen LogP contribution is 2.13. The fourth-order valence-electron chi connectivity index (χ4n) is 1.24. The molecule has 0 aliphatic carbocycles. The molecule has 0 bridgehead atoms. The number of thioether (sulfide) groups is 1. The van der Waals surface area contributed by atoms with Gasteiger partial charge in [-0.3, -0.25) is 4.79 Å². The number of nitrogens with one attached hydrogen (secondary N) is 1. The van der Waals surface area contributed by atoms with Gasteiger partial charge in [-0.1, -0.05) is 6.92 Å². The van der Waals surface area contributed by atoms with Crippen molar-refractivity contribution in [2.24, 2.45) is 5.73 Å². The van der Waals surface area contributed by atoms with Crippen molar-refractivity contribution >= 4 is 23.4 Å². The summed E-state index contributed by atoms with van der Waals surface area (Å²) in [6.07, 6.45) is 0.851. The molecule has 0 aromatic heterocycles. The van der Waals surface area contributed by atoms with Gasteiger partial charge < -0.3 is 11.1 Å². The average molecular weight is 274 g/mol. The van der Waals surface area contributed by atoms with E-state index in [1.54, 1.807) is 0 Å². The largest absolute Gasteiger partial charge is 0.327 e. The molecule has 100 valence electrons. The molecule has 1 aromatic carbocycles. The summed E-state index contributed by atoms with van der Waals surface area (Å²) >= 11 is 1.40. The van der Waals surface area contributed by atoms with Gasteiger partial charge in [0.15, 0.2) is 0 Å². The van der Waals surface area contributed by atoms with E-state index < -0.39 is 11.6 Å². The van der Waals surface area contributed by atoms with Crippen LogP contribution in [0.1, 0.15) is 13.3 Å². The van der Waals surface area contributed by atoms with Gasteiger partial charge >= 0.3 is 0 Å². The number of anilines is 1. The molecule has 18 heavy (non-hydrogen) atoms. The number of carbonyl (C=O) groups is 1. The van der Waals surface area contributed by atoms with Crippen LogP contribution in [-0.4, -0.2) is 23.5 Å². The van der Waals surface area contributed by atoms with E-state index in [4.69, 9.17) is 5.73 Å². The Morgan fingerprint density at radius 1 is 1.39 bits per heavy atom. The number of halogens is 2. The Balaban J connectivity index is 2.40. The predicted molar refractivity (Wildman–Crippen MR) is 70.6 cm³/mol. The maximum absolute atomic E-state index is 12.9. The first-order valence-corrected chi connectivity index (χ1v) is 6.76. The Labute approximate surface area is 109 Å². The van der Waals surface area contributed by atoms with Crippen molar-refractivity contribution in [2.45, 2.75) is 19.4 Å². The number of hydrogen-bond acceptors (Lipinski definition) is 3. The highest BCUT2D eigenvalue weighted by atomic mass is 32.2. The van der Waals surface area contributed by atoms with Crippen molar-refractivity contribution < 1.29 is 13.6 Å². The smallest absolute Gasteiger partial charge is 0.234 e. The zero-order valence-corrected chi connectivity index (χ0v) is 10.9. The van der Waals surface area contributed by atoms with Crippen molar-refractivity contribution in [1.82, 2.24) is 0 Å². The fraction of sp³-hybridized carbons (Fsp3) is 0.417. The molecule has 0 heterocycles. The molecule has 1 rings (SSSR count). The lowest BCUT2D eigenvalue weighted by atomic mass is 10.3. The van der Waals surface area contributed by atoms with Crippen molar-refractivity contribution in [3.63, 3.8) is 0 Å². The number of nitrogens with two attached hydrogens (primary N) is 1. The quantitative estimate of drug-likeness (QED) is 0.837. The van der Waals surface area contributed by atoms with Gasteiger partial charge in [0.05, 0.1) is 5.75 Å². The molecule has 1 unspecified atom stereocenters. The Hall–Kier alpha value is -1.14. The Morgan fingerprint density at radius 3 is 2.56 bits per heavy atom. The molecule has 0 aliphatic rings. The molecule has 1 aromatic rings.